The van der Waals surface area contributed by atoms with Gasteiger partial charge in [-0.05, 0) is 42.9 Å². The van der Waals surface area contributed by atoms with Gasteiger partial charge in [-0.25, -0.2) is 4.79 Å². The Hall–Kier alpha value is -2.10. The molecule has 0 aliphatic heterocycles. The van der Waals surface area contributed by atoms with Gasteiger partial charge in [0.15, 0.2) is 0 Å². The van der Waals surface area contributed by atoms with Crippen LogP contribution in [0.4, 0.5) is 5.69 Å². The van der Waals surface area contributed by atoms with Crippen LogP contribution in [0.2, 0.25) is 0 Å². The van der Waals surface area contributed by atoms with E-state index in [0.29, 0.717) is 18.2 Å². The molecule has 22 heavy (non-hydrogen) atoms. The molecule has 0 aliphatic carbocycles. The minimum Gasteiger partial charge on any atom is -0.463 e. The molecule has 1 amide bonds. The van der Waals surface area contributed by atoms with Crippen molar-refractivity contribution in [2.24, 2.45) is 5.92 Å². The molecule has 1 aromatic carbocycles. The van der Waals surface area contributed by atoms with E-state index in [1.807, 2.05) is 24.3 Å². The number of carbonyl (C=O) groups is 2. The number of rotatable bonds is 8. The van der Waals surface area contributed by atoms with E-state index in [4.69, 9.17) is 4.74 Å². The smallest absolute Gasteiger partial charge is 0.330 e. The molecule has 0 heterocycles. The Morgan fingerprint density at radius 2 is 1.86 bits per heavy atom. The molecular formula is C18H25NO3. The average Bonchev–Trinajstić information content (AvgIpc) is 2.50. The SMILES string of the molecule is CCc1ccc(NC(=O)/C=C/C(=O)OCCCC(C)C)cc1. The number of benzene rings is 1. The quantitative estimate of drug-likeness (QED) is 0.452. The molecule has 0 atom stereocenters. The average molecular weight is 303 g/mol. The van der Waals surface area contributed by atoms with E-state index in [9.17, 15) is 9.59 Å². The third-order valence-electron chi connectivity index (χ3n) is 3.17. The minimum atomic E-state index is -0.486. The van der Waals surface area contributed by atoms with Gasteiger partial charge in [-0.15, -0.1) is 0 Å². The standard InChI is InChI=1S/C18H25NO3/c1-4-15-7-9-16(10-8-15)19-17(20)11-12-18(21)22-13-5-6-14(2)3/h7-12,14H,4-6,13H2,1-3H3,(H,19,20)/b12-11+. The summed E-state index contributed by atoms with van der Waals surface area (Å²) in [5.41, 5.74) is 1.91. The molecule has 0 saturated carbocycles. The normalized spacial score (nSPS) is 10.9. The van der Waals surface area contributed by atoms with Crippen molar-refractivity contribution in [3.63, 3.8) is 0 Å². The first-order valence-corrected chi connectivity index (χ1v) is 7.76. The topological polar surface area (TPSA) is 55.4 Å². The van der Waals surface area contributed by atoms with Crippen LogP contribution < -0.4 is 5.32 Å². The molecule has 1 rings (SSSR count). The summed E-state index contributed by atoms with van der Waals surface area (Å²) < 4.78 is 5.02. The number of nitrogens with one attached hydrogen (secondary N) is 1. The van der Waals surface area contributed by atoms with Crippen molar-refractivity contribution in [2.45, 2.75) is 40.0 Å². The number of anilines is 1. The van der Waals surface area contributed by atoms with Gasteiger partial charge in [0.2, 0.25) is 5.91 Å². The predicted molar refractivity (Wildman–Crippen MR) is 88.6 cm³/mol. The van der Waals surface area contributed by atoms with E-state index < -0.39 is 5.97 Å². The number of hydrogen-bond donors (Lipinski definition) is 1. The van der Waals surface area contributed by atoms with Gasteiger partial charge in [0.05, 0.1) is 6.61 Å². The molecule has 4 heteroatoms. The minimum absolute atomic E-state index is 0.344. The Bertz CT molecular complexity index is 504. The number of amides is 1. The Balaban J connectivity index is 2.32. The lowest BCUT2D eigenvalue weighted by atomic mass is 10.1. The molecule has 0 bridgehead atoms. The van der Waals surface area contributed by atoms with Gasteiger partial charge < -0.3 is 10.1 Å². The zero-order valence-corrected chi connectivity index (χ0v) is 13.6. The molecule has 0 spiro atoms. The number of carbonyl (C=O) groups excluding carboxylic acids is 2. The van der Waals surface area contributed by atoms with Crippen LogP contribution in [0.1, 0.15) is 39.2 Å². The molecule has 4 nitrogen and oxygen atoms in total. The van der Waals surface area contributed by atoms with Crippen molar-refractivity contribution >= 4 is 17.6 Å². The molecular weight excluding hydrogens is 278 g/mol. The highest BCUT2D eigenvalue weighted by Gasteiger charge is 2.02. The summed E-state index contributed by atoms with van der Waals surface area (Å²) in [6.07, 6.45) is 5.17. The second kappa shape index (κ2) is 9.77. The summed E-state index contributed by atoms with van der Waals surface area (Å²) in [5.74, 6) is -0.234. The molecule has 1 aromatic rings. The van der Waals surface area contributed by atoms with Crippen molar-refractivity contribution in [1.82, 2.24) is 0 Å². The van der Waals surface area contributed by atoms with E-state index in [1.54, 1.807) is 0 Å². The van der Waals surface area contributed by atoms with Gasteiger partial charge in [-0.1, -0.05) is 32.9 Å². The van der Waals surface area contributed by atoms with Gasteiger partial charge >= 0.3 is 5.97 Å². The van der Waals surface area contributed by atoms with E-state index >= 15 is 0 Å². The first-order chi connectivity index (χ1) is 10.5. The van der Waals surface area contributed by atoms with Crippen LogP contribution >= 0.6 is 0 Å². The van der Waals surface area contributed by atoms with Gasteiger partial charge in [0.25, 0.3) is 0 Å². The first kappa shape index (κ1) is 18.0. The third-order valence-corrected chi connectivity index (χ3v) is 3.17. The summed E-state index contributed by atoms with van der Waals surface area (Å²) in [7, 11) is 0. The zero-order valence-electron chi connectivity index (χ0n) is 13.6. The maximum atomic E-state index is 11.7. The van der Waals surface area contributed by atoms with Gasteiger partial charge in [0, 0.05) is 17.8 Å². The number of esters is 1. The lowest BCUT2D eigenvalue weighted by Gasteiger charge is -2.05. The Morgan fingerprint density at radius 1 is 1.18 bits per heavy atom. The molecule has 0 saturated heterocycles. The van der Waals surface area contributed by atoms with Crippen molar-refractivity contribution in [3.8, 4) is 0 Å². The van der Waals surface area contributed by atoms with Crippen LogP contribution in [0.15, 0.2) is 36.4 Å². The zero-order chi connectivity index (χ0) is 16.4. The summed E-state index contributed by atoms with van der Waals surface area (Å²) in [6, 6.07) is 7.61. The largest absolute Gasteiger partial charge is 0.463 e. The van der Waals surface area contributed by atoms with Crippen LogP contribution in [0.5, 0.6) is 0 Å². The summed E-state index contributed by atoms with van der Waals surface area (Å²) in [6.45, 7) is 6.71. The molecule has 0 aromatic heterocycles. The van der Waals surface area contributed by atoms with E-state index in [0.717, 1.165) is 25.3 Å². The summed E-state index contributed by atoms with van der Waals surface area (Å²) in [4.78, 5) is 23.1. The lowest BCUT2D eigenvalue weighted by Crippen LogP contribution is -2.10. The molecule has 120 valence electrons. The second-order valence-electron chi connectivity index (χ2n) is 5.58. The van der Waals surface area contributed by atoms with Crippen LogP contribution in [0.25, 0.3) is 0 Å². The monoisotopic (exact) mass is 303 g/mol. The maximum absolute atomic E-state index is 11.7. The fourth-order valence-electron chi connectivity index (χ4n) is 1.86. The van der Waals surface area contributed by atoms with E-state index in [1.165, 1.54) is 11.6 Å². The van der Waals surface area contributed by atoms with Crippen molar-refractivity contribution < 1.29 is 14.3 Å². The van der Waals surface area contributed by atoms with Crippen LogP contribution in [0.3, 0.4) is 0 Å². The van der Waals surface area contributed by atoms with Gasteiger partial charge in [0.1, 0.15) is 0 Å². The third kappa shape index (κ3) is 7.62. The van der Waals surface area contributed by atoms with Crippen LogP contribution in [0, 0.1) is 5.92 Å². The van der Waals surface area contributed by atoms with Crippen LogP contribution in [-0.4, -0.2) is 18.5 Å². The van der Waals surface area contributed by atoms with Crippen molar-refractivity contribution in [1.29, 1.82) is 0 Å². The number of aryl methyl sites for hydroxylation is 1. The van der Waals surface area contributed by atoms with Gasteiger partial charge in [-0.2, -0.15) is 0 Å². The fourth-order valence-corrected chi connectivity index (χ4v) is 1.86. The predicted octanol–water partition coefficient (Wildman–Crippen LogP) is 3.72. The second-order valence-corrected chi connectivity index (χ2v) is 5.58. The highest BCUT2D eigenvalue weighted by atomic mass is 16.5. The maximum Gasteiger partial charge on any atom is 0.330 e. The summed E-state index contributed by atoms with van der Waals surface area (Å²) in [5, 5.41) is 2.70. The fraction of sp³-hybridized carbons (Fsp3) is 0.444. The van der Waals surface area contributed by atoms with Crippen molar-refractivity contribution in [2.75, 3.05) is 11.9 Å². The van der Waals surface area contributed by atoms with E-state index in [2.05, 4.69) is 26.1 Å². The lowest BCUT2D eigenvalue weighted by molar-refractivity contribution is -0.138. The van der Waals surface area contributed by atoms with Gasteiger partial charge in [-0.3, -0.25) is 4.79 Å². The van der Waals surface area contributed by atoms with Crippen molar-refractivity contribution in [3.05, 3.63) is 42.0 Å². The summed E-state index contributed by atoms with van der Waals surface area (Å²) >= 11 is 0. The highest BCUT2D eigenvalue weighted by molar-refractivity contribution is 6.02. The highest BCUT2D eigenvalue weighted by Crippen LogP contribution is 2.09. The van der Waals surface area contributed by atoms with E-state index in [-0.39, 0.29) is 5.91 Å². The number of ether oxygens (including phenoxy) is 1. The number of hydrogen-bond acceptors (Lipinski definition) is 3. The Morgan fingerprint density at radius 3 is 2.45 bits per heavy atom. The Labute approximate surface area is 132 Å². The first-order valence-electron chi connectivity index (χ1n) is 7.76. The molecule has 1 N–H and O–H groups in total. The Kier molecular flexibility index (Phi) is 7.97. The molecule has 0 fully saturated rings. The molecule has 0 unspecified atom stereocenters. The van der Waals surface area contributed by atoms with Crippen LogP contribution in [-0.2, 0) is 20.7 Å². The molecule has 0 radical (unpaired) electrons. The molecule has 0 aliphatic rings.